The first-order chi connectivity index (χ1) is 6.27. The van der Waals surface area contributed by atoms with Gasteiger partial charge in [-0.1, -0.05) is 0 Å². The largest absolute Gasteiger partial charge is 0.289 e. The van der Waals surface area contributed by atoms with Crippen molar-refractivity contribution in [3.05, 3.63) is 41.2 Å². The molecule has 0 unspecified atom stereocenters. The van der Waals surface area contributed by atoms with Gasteiger partial charge < -0.3 is 0 Å². The third-order valence-electron chi connectivity index (χ3n) is 1.72. The van der Waals surface area contributed by atoms with Gasteiger partial charge in [0.15, 0.2) is 5.82 Å². The molecule has 0 aromatic carbocycles. The molecule has 66 valence electrons. The summed E-state index contributed by atoms with van der Waals surface area (Å²) in [5.41, 5.74) is -0.121. The second kappa shape index (κ2) is 2.85. The molecule has 0 bridgehead atoms. The quantitative estimate of drug-likeness (QED) is 0.613. The molecule has 2 aromatic rings. The van der Waals surface area contributed by atoms with E-state index in [1.807, 2.05) is 0 Å². The summed E-state index contributed by atoms with van der Waals surface area (Å²) in [4.78, 5) is 14.9. The monoisotopic (exact) mass is 176 g/mol. The lowest BCUT2D eigenvalue weighted by Gasteiger charge is -2.01. The highest BCUT2D eigenvalue weighted by Gasteiger charge is 1.97. The molecule has 5 heteroatoms. The molecule has 0 saturated carbocycles. The summed E-state index contributed by atoms with van der Waals surface area (Å²) in [7, 11) is 1.61. The van der Waals surface area contributed by atoms with Crippen LogP contribution in [0.25, 0.3) is 5.82 Å². The van der Waals surface area contributed by atoms with Crippen LogP contribution in [0.3, 0.4) is 0 Å². The van der Waals surface area contributed by atoms with E-state index in [-0.39, 0.29) is 5.56 Å². The normalized spacial score (nSPS) is 10.2. The van der Waals surface area contributed by atoms with Crippen molar-refractivity contribution in [3.8, 4) is 5.82 Å². The van der Waals surface area contributed by atoms with Crippen molar-refractivity contribution in [1.29, 1.82) is 0 Å². The van der Waals surface area contributed by atoms with Gasteiger partial charge in [0.05, 0.1) is 0 Å². The molecule has 0 spiro atoms. The third-order valence-corrected chi connectivity index (χ3v) is 1.72. The smallest absolute Gasteiger partial charge is 0.266 e. The van der Waals surface area contributed by atoms with Gasteiger partial charge in [0.25, 0.3) is 5.56 Å². The Balaban J connectivity index is 2.55. The molecule has 2 aromatic heterocycles. The van der Waals surface area contributed by atoms with E-state index in [9.17, 15) is 4.79 Å². The molecular weight excluding hydrogens is 168 g/mol. The van der Waals surface area contributed by atoms with Crippen LogP contribution in [0.2, 0.25) is 0 Å². The Hall–Kier alpha value is -1.91. The van der Waals surface area contributed by atoms with Crippen LogP contribution in [0.1, 0.15) is 0 Å². The summed E-state index contributed by atoms with van der Waals surface area (Å²) in [5.74, 6) is 0.680. The Labute approximate surface area is 74.3 Å². The number of aromatic nitrogens is 4. The van der Waals surface area contributed by atoms with Crippen LogP contribution >= 0.6 is 0 Å². The number of imidazole rings is 1. The molecule has 0 amide bonds. The molecule has 2 rings (SSSR count). The van der Waals surface area contributed by atoms with Gasteiger partial charge >= 0.3 is 0 Å². The predicted octanol–water partition coefficient (Wildman–Crippen LogP) is -0.0340. The van der Waals surface area contributed by atoms with E-state index >= 15 is 0 Å². The molecule has 0 N–H and O–H groups in total. The Morgan fingerprint density at radius 1 is 1.38 bits per heavy atom. The molecule has 0 saturated heterocycles. The second-order valence-corrected chi connectivity index (χ2v) is 2.62. The van der Waals surface area contributed by atoms with Crippen LogP contribution in [0.4, 0.5) is 0 Å². The zero-order valence-electron chi connectivity index (χ0n) is 7.08. The van der Waals surface area contributed by atoms with E-state index in [1.165, 1.54) is 10.7 Å². The van der Waals surface area contributed by atoms with E-state index in [2.05, 4.69) is 10.1 Å². The minimum absolute atomic E-state index is 0.121. The van der Waals surface area contributed by atoms with Crippen LogP contribution < -0.4 is 5.56 Å². The fourth-order valence-corrected chi connectivity index (χ4v) is 1.02. The van der Waals surface area contributed by atoms with Crippen LogP contribution in [0.5, 0.6) is 0 Å². The summed E-state index contributed by atoms with van der Waals surface area (Å²) in [5, 5.41) is 4.04. The van der Waals surface area contributed by atoms with Gasteiger partial charge in [-0.3, -0.25) is 9.36 Å². The second-order valence-electron chi connectivity index (χ2n) is 2.62. The first kappa shape index (κ1) is 7.72. The standard InChI is InChI=1S/C8H8N4O/c1-11-8(13)3-2-7(10-11)12-5-4-9-6-12/h2-6H,1H3. The van der Waals surface area contributed by atoms with Crippen molar-refractivity contribution in [1.82, 2.24) is 19.3 Å². The lowest BCUT2D eigenvalue weighted by Crippen LogP contribution is -2.19. The van der Waals surface area contributed by atoms with Crippen LogP contribution in [0.15, 0.2) is 35.6 Å². The van der Waals surface area contributed by atoms with E-state index in [4.69, 9.17) is 0 Å². The Morgan fingerprint density at radius 3 is 2.85 bits per heavy atom. The summed E-state index contributed by atoms with van der Waals surface area (Å²) < 4.78 is 3.02. The molecule has 5 nitrogen and oxygen atoms in total. The van der Waals surface area contributed by atoms with Gasteiger partial charge in [-0.2, -0.15) is 5.10 Å². The molecular formula is C8H8N4O. The molecule has 0 radical (unpaired) electrons. The molecule has 0 atom stereocenters. The fourth-order valence-electron chi connectivity index (χ4n) is 1.02. The van der Waals surface area contributed by atoms with E-state index in [1.54, 1.807) is 36.4 Å². The van der Waals surface area contributed by atoms with E-state index in [0.717, 1.165) is 0 Å². The Bertz CT molecular complexity index is 457. The highest BCUT2D eigenvalue weighted by molar-refractivity contribution is 5.18. The minimum atomic E-state index is -0.121. The lowest BCUT2D eigenvalue weighted by molar-refractivity contribution is 0.689. The topological polar surface area (TPSA) is 52.7 Å². The van der Waals surface area contributed by atoms with Gasteiger partial charge in [-0.25, -0.2) is 9.67 Å². The number of nitrogens with zero attached hydrogens (tertiary/aromatic N) is 4. The van der Waals surface area contributed by atoms with Crippen molar-refractivity contribution >= 4 is 0 Å². The first-order valence-corrected chi connectivity index (χ1v) is 3.80. The summed E-state index contributed by atoms with van der Waals surface area (Å²) in [6, 6.07) is 3.13. The number of hydrogen-bond acceptors (Lipinski definition) is 3. The van der Waals surface area contributed by atoms with Gasteiger partial charge in [0.1, 0.15) is 6.33 Å². The average Bonchev–Trinajstić information content (AvgIpc) is 2.62. The molecule has 0 aliphatic rings. The highest BCUT2D eigenvalue weighted by Crippen LogP contribution is 1.98. The molecule has 2 heterocycles. The summed E-state index contributed by atoms with van der Waals surface area (Å²) >= 11 is 0. The van der Waals surface area contributed by atoms with Crippen LogP contribution in [0, 0.1) is 0 Å². The first-order valence-electron chi connectivity index (χ1n) is 3.80. The molecule has 13 heavy (non-hydrogen) atoms. The maximum Gasteiger partial charge on any atom is 0.266 e. The predicted molar refractivity (Wildman–Crippen MR) is 46.6 cm³/mol. The Kier molecular flexibility index (Phi) is 1.70. The van der Waals surface area contributed by atoms with Crippen molar-refractivity contribution in [2.24, 2.45) is 7.05 Å². The average molecular weight is 176 g/mol. The van der Waals surface area contributed by atoms with Crippen molar-refractivity contribution in [3.63, 3.8) is 0 Å². The van der Waals surface area contributed by atoms with Crippen molar-refractivity contribution in [2.75, 3.05) is 0 Å². The molecule has 0 aliphatic heterocycles. The fraction of sp³-hybridized carbons (Fsp3) is 0.125. The number of aryl methyl sites for hydroxylation is 1. The van der Waals surface area contributed by atoms with Gasteiger partial charge in [-0.15, -0.1) is 0 Å². The number of hydrogen-bond donors (Lipinski definition) is 0. The summed E-state index contributed by atoms with van der Waals surface area (Å²) in [6.07, 6.45) is 5.06. The van der Waals surface area contributed by atoms with Gasteiger partial charge in [0, 0.05) is 25.5 Å². The zero-order chi connectivity index (χ0) is 9.26. The van der Waals surface area contributed by atoms with E-state index < -0.39 is 0 Å². The highest BCUT2D eigenvalue weighted by atomic mass is 16.1. The van der Waals surface area contributed by atoms with Gasteiger partial charge in [0.2, 0.25) is 0 Å². The van der Waals surface area contributed by atoms with Crippen molar-refractivity contribution in [2.45, 2.75) is 0 Å². The maximum atomic E-state index is 11.0. The minimum Gasteiger partial charge on any atom is -0.289 e. The maximum absolute atomic E-state index is 11.0. The van der Waals surface area contributed by atoms with Crippen LogP contribution in [-0.4, -0.2) is 19.3 Å². The van der Waals surface area contributed by atoms with Gasteiger partial charge in [-0.05, 0) is 6.07 Å². The zero-order valence-corrected chi connectivity index (χ0v) is 7.08. The van der Waals surface area contributed by atoms with Crippen molar-refractivity contribution < 1.29 is 0 Å². The summed E-state index contributed by atoms with van der Waals surface area (Å²) in [6.45, 7) is 0. The Morgan fingerprint density at radius 2 is 2.23 bits per heavy atom. The molecule has 0 fully saturated rings. The van der Waals surface area contributed by atoms with E-state index in [0.29, 0.717) is 5.82 Å². The SMILES string of the molecule is Cn1nc(-n2ccnc2)ccc1=O. The molecule has 0 aliphatic carbocycles. The van der Waals surface area contributed by atoms with Crippen LogP contribution in [-0.2, 0) is 7.05 Å². The third kappa shape index (κ3) is 1.35. The number of rotatable bonds is 1. The lowest BCUT2D eigenvalue weighted by atomic mass is 10.5.